The van der Waals surface area contributed by atoms with Gasteiger partial charge in [-0.3, -0.25) is 9.59 Å². The van der Waals surface area contributed by atoms with Crippen LogP contribution in [0.1, 0.15) is 51.5 Å². The van der Waals surface area contributed by atoms with E-state index in [0.29, 0.717) is 19.3 Å². The van der Waals surface area contributed by atoms with E-state index in [2.05, 4.69) is 33.0 Å². The third-order valence-corrected chi connectivity index (χ3v) is 6.66. The summed E-state index contributed by atoms with van der Waals surface area (Å²) in [5.74, 6) is 0.350. The molecule has 1 saturated carbocycles. The van der Waals surface area contributed by atoms with Crippen molar-refractivity contribution in [3.8, 4) is 0 Å². The van der Waals surface area contributed by atoms with Crippen molar-refractivity contribution in [1.82, 2.24) is 0 Å². The molecule has 1 saturated heterocycles. The summed E-state index contributed by atoms with van der Waals surface area (Å²) in [6.45, 7) is 5.03. The zero-order valence-corrected chi connectivity index (χ0v) is 16.0. The molecule has 1 spiro atoms. The molecule has 24 heavy (non-hydrogen) atoms. The Morgan fingerprint density at radius 1 is 1.08 bits per heavy atom. The molecule has 1 aliphatic carbocycles. The zero-order chi connectivity index (χ0) is 17.1. The molecule has 3 nitrogen and oxygen atoms in total. The van der Waals surface area contributed by atoms with E-state index in [9.17, 15) is 9.59 Å². The van der Waals surface area contributed by atoms with Crippen molar-refractivity contribution in [2.45, 2.75) is 58.4 Å². The standard InChI is InChI=1S/C20H24BrNO2/c1-19(2)11-17(23)20(18(24)12-19)10-13-6-7-14(21)9-15(13)22-8-4-3-5-16(20)22/h6-7,9,16H,3-5,8,10-12H2,1-2H3/t16-/m1/s1. The van der Waals surface area contributed by atoms with Gasteiger partial charge in [0.2, 0.25) is 0 Å². The molecule has 0 N–H and O–H groups in total. The number of anilines is 1. The number of rotatable bonds is 0. The third-order valence-electron chi connectivity index (χ3n) is 6.17. The van der Waals surface area contributed by atoms with E-state index < -0.39 is 5.41 Å². The van der Waals surface area contributed by atoms with Crippen LogP contribution in [0.15, 0.2) is 22.7 Å². The molecule has 128 valence electrons. The van der Waals surface area contributed by atoms with Crippen LogP contribution in [0.2, 0.25) is 0 Å². The molecule has 2 fully saturated rings. The Hall–Kier alpha value is -1.16. The summed E-state index contributed by atoms with van der Waals surface area (Å²) in [5, 5.41) is 0. The van der Waals surface area contributed by atoms with E-state index in [4.69, 9.17) is 0 Å². The van der Waals surface area contributed by atoms with E-state index in [1.165, 1.54) is 5.69 Å². The molecule has 1 atom stereocenters. The number of hydrogen-bond acceptors (Lipinski definition) is 3. The van der Waals surface area contributed by atoms with Crippen molar-refractivity contribution in [1.29, 1.82) is 0 Å². The Kier molecular flexibility index (Phi) is 3.68. The highest BCUT2D eigenvalue weighted by Crippen LogP contribution is 2.52. The normalized spacial score (nSPS) is 27.8. The summed E-state index contributed by atoms with van der Waals surface area (Å²) in [6.07, 6.45) is 4.82. The molecule has 4 heteroatoms. The van der Waals surface area contributed by atoms with Crippen LogP contribution in [0.3, 0.4) is 0 Å². The molecular formula is C20H24BrNO2. The maximum atomic E-state index is 13.3. The van der Waals surface area contributed by atoms with E-state index >= 15 is 0 Å². The van der Waals surface area contributed by atoms with Crippen LogP contribution in [0.25, 0.3) is 0 Å². The molecule has 0 aromatic heterocycles. The molecule has 1 aromatic carbocycles. The molecule has 3 aliphatic rings. The lowest BCUT2D eigenvalue weighted by Gasteiger charge is -2.54. The fraction of sp³-hybridized carbons (Fsp3) is 0.600. The topological polar surface area (TPSA) is 37.4 Å². The van der Waals surface area contributed by atoms with E-state index in [1.807, 2.05) is 19.9 Å². The fourth-order valence-corrected chi connectivity index (χ4v) is 5.42. The number of halogens is 1. The molecule has 2 heterocycles. The number of hydrogen-bond donors (Lipinski definition) is 0. The van der Waals surface area contributed by atoms with Gasteiger partial charge in [-0.25, -0.2) is 0 Å². The molecule has 0 amide bonds. The molecule has 0 unspecified atom stereocenters. The summed E-state index contributed by atoms with van der Waals surface area (Å²) in [4.78, 5) is 28.9. The molecule has 2 aliphatic heterocycles. The van der Waals surface area contributed by atoms with Crippen molar-refractivity contribution in [2.24, 2.45) is 10.8 Å². The lowest BCUT2D eigenvalue weighted by atomic mass is 9.55. The first-order valence-corrected chi connectivity index (χ1v) is 9.74. The van der Waals surface area contributed by atoms with Gasteiger partial charge in [-0.15, -0.1) is 0 Å². The number of piperidine rings is 1. The summed E-state index contributed by atoms with van der Waals surface area (Å²) in [5.41, 5.74) is 1.36. The van der Waals surface area contributed by atoms with Crippen molar-refractivity contribution in [3.63, 3.8) is 0 Å². The van der Waals surface area contributed by atoms with Gasteiger partial charge < -0.3 is 4.90 Å². The lowest BCUT2D eigenvalue weighted by Crippen LogP contribution is -2.64. The van der Waals surface area contributed by atoms with Crippen LogP contribution in [0.4, 0.5) is 5.69 Å². The minimum atomic E-state index is -0.809. The first kappa shape index (κ1) is 16.3. The second kappa shape index (κ2) is 5.42. The van der Waals surface area contributed by atoms with Crippen LogP contribution in [-0.2, 0) is 16.0 Å². The van der Waals surface area contributed by atoms with Gasteiger partial charge in [-0.05, 0) is 48.8 Å². The van der Waals surface area contributed by atoms with E-state index in [1.54, 1.807) is 0 Å². The first-order valence-electron chi connectivity index (χ1n) is 8.95. The van der Waals surface area contributed by atoms with Crippen LogP contribution in [-0.4, -0.2) is 24.2 Å². The molecular weight excluding hydrogens is 366 g/mol. The Labute approximate surface area is 151 Å². The lowest BCUT2D eigenvalue weighted by molar-refractivity contribution is -0.150. The van der Waals surface area contributed by atoms with E-state index in [0.717, 1.165) is 35.8 Å². The van der Waals surface area contributed by atoms with Crippen molar-refractivity contribution in [2.75, 3.05) is 11.4 Å². The molecule has 0 radical (unpaired) electrons. The van der Waals surface area contributed by atoms with Crippen LogP contribution < -0.4 is 4.90 Å². The number of fused-ring (bicyclic) bond motifs is 4. The van der Waals surface area contributed by atoms with Crippen LogP contribution >= 0.6 is 15.9 Å². The number of Topliss-reactive ketones (excluding diaryl/α,β-unsaturated/α-hetero) is 2. The summed E-state index contributed by atoms with van der Waals surface area (Å²) >= 11 is 3.57. The summed E-state index contributed by atoms with van der Waals surface area (Å²) in [7, 11) is 0. The van der Waals surface area contributed by atoms with Gasteiger partial charge in [0.05, 0.1) is 0 Å². The summed E-state index contributed by atoms with van der Waals surface area (Å²) < 4.78 is 1.06. The first-order chi connectivity index (χ1) is 11.3. The Morgan fingerprint density at radius 2 is 1.79 bits per heavy atom. The van der Waals surface area contributed by atoms with Gasteiger partial charge in [-0.1, -0.05) is 35.8 Å². The molecule has 1 aromatic rings. The van der Waals surface area contributed by atoms with Gasteiger partial charge in [-0.2, -0.15) is 0 Å². The average molecular weight is 390 g/mol. The predicted molar refractivity (Wildman–Crippen MR) is 98.3 cm³/mol. The van der Waals surface area contributed by atoms with Gasteiger partial charge in [0.1, 0.15) is 17.0 Å². The van der Waals surface area contributed by atoms with Crippen LogP contribution in [0.5, 0.6) is 0 Å². The van der Waals surface area contributed by atoms with Crippen molar-refractivity contribution >= 4 is 33.2 Å². The Balaban J connectivity index is 1.86. The number of carbonyl (C=O) groups excluding carboxylic acids is 2. The minimum absolute atomic E-state index is 0.0455. The van der Waals surface area contributed by atoms with E-state index in [-0.39, 0.29) is 23.0 Å². The Bertz CT molecular complexity index is 704. The molecule has 4 rings (SSSR count). The highest BCUT2D eigenvalue weighted by Gasteiger charge is 2.59. The number of carbonyl (C=O) groups is 2. The number of ketones is 2. The highest BCUT2D eigenvalue weighted by molar-refractivity contribution is 9.10. The maximum absolute atomic E-state index is 13.3. The zero-order valence-electron chi connectivity index (χ0n) is 14.4. The van der Waals surface area contributed by atoms with Crippen molar-refractivity contribution < 1.29 is 9.59 Å². The monoisotopic (exact) mass is 389 g/mol. The van der Waals surface area contributed by atoms with Crippen LogP contribution in [0, 0.1) is 10.8 Å². The fourth-order valence-electron chi connectivity index (χ4n) is 5.08. The minimum Gasteiger partial charge on any atom is -0.367 e. The van der Waals surface area contributed by atoms with Gasteiger partial charge in [0.15, 0.2) is 0 Å². The quantitative estimate of drug-likeness (QED) is 0.620. The molecule has 0 bridgehead atoms. The second-order valence-corrected chi connectivity index (χ2v) is 9.41. The largest absolute Gasteiger partial charge is 0.367 e. The summed E-state index contributed by atoms with van der Waals surface area (Å²) in [6, 6.07) is 6.32. The SMILES string of the molecule is CC1(C)CC(=O)C2(Cc3ccc(Br)cc3N3CCCC[C@@H]32)C(=O)C1. The maximum Gasteiger partial charge on any atom is 0.149 e. The average Bonchev–Trinajstić information content (AvgIpc) is 2.52. The van der Waals surface area contributed by atoms with Gasteiger partial charge in [0, 0.05) is 35.6 Å². The number of benzene rings is 1. The predicted octanol–water partition coefficient (Wildman–Crippen LogP) is 4.31. The smallest absolute Gasteiger partial charge is 0.149 e. The highest BCUT2D eigenvalue weighted by atomic mass is 79.9. The van der Waals surface area contributed by atoms with Gasteiger partial charge >= 0.3 is 0 Å². The number of nitrogens with zero attached hydrogens (tertiary/aromatic N) is 1. The van der Waals surface area contributed by atoms with Gasteiger partial charge in [0.25, 0.3) is 0 Å². The third kappa shape index (κ3) is 2.29. The second-order valence-electron chi connectivity index (χ2n) is 8.49. The Morgan fingerprint density at radius 3 is 2.50 bits per heavy atom. The van der Waals surface area contributed by atoms with Crippen molar-refractivity contribution in [3.05, 3.63) is 28.2 Å².